The van der Waals surface area contributed by atoms with E-state index in [2.05, 4.69) is 5.32 Å². The third kappa shape index (κ3) is 4.23. The zero-order valence-electron chi connectivity index (χ0n) is 11.0. The van der Waals surface area contributed by atoms with Gasteiger partial charge in [-0.05, 0) is 12.1 Å². The normalized spacial score (nSPS) is 16.9. The molecule has 1 aromatic rings. The molecule has 21 heavy (non-hydrogen) atoms. The molecule has 1 aliphatic rings. The maximum Gasteiger partial charge on any atom is 0.258 e. The minimum Gasteiger partial charge on any atom is -0.504 e. The number of benzene rings is 1. The molecule has 1 heterocycles. The highest BCUT2D eigenvalue weighted by Gasteiger charge is 2.33. The van der Waals surface area contributed by atoms with Crippen LogP contribution in [0, 0.1) is 0 Å². The quantitative estimate of drug-likeness (QED) is 0.628. The van der Waals surface area contributed by atoms with Gasteiger partial charge in [0.25, 0.3) is 6.43 Å². The maximum absolute atomic E-state index is 13.3. The second-order valence-electron chi connectivity index (χ2n) is 4.44. The number of nitrogens with zero attached hydrogens (tertiary/aromatic N) is 1. The first-order valence-electron chi connectivity index (χ1n) is 5.99. The number of alkyl halides is 2. The van der Waals surface area contributed by atoms with Gasteiger partial charge < -0.3 is 20.6 Å². The molecule has 1 saturated heterocycles. The molecule has 122 valence electrons. The molecule has 0 aromatic heterocycles. The Labute approximate surface area is 133 Å². The molecule has 0 amide bonds. The summed E-state index contributed by atoms with van der Waals surface area (Å²) >= 11 is 0. The first-order valence-corrected chi connectivity index (χ1v) is 5.99. The van der Waals surface area contributed by atoms with Gasteiger partial charge in [-0.25, -0.2) is 8.78 Å². The first-order chi connectivity index (χ1) is 9.02. The fraction of sp³-hybridized carbons (Fsp3) is 0.500. The third-order valence-corrected chi connectivity index (χ3v) is 3.26. The molecule has 2 rings (SSSR count). The lowest BCUT2D eigenvalue weighted by Gasteiger charge is -2.34. The van der Waals surface area contributed by atoms with Crippen molar-refractivity contribution >= 4 is 24.8 Å². The molecule has 0 radical (unpaired) electrons. The molecule has 5 nitrogen and oxygen atoms in total. The summed E-state index contributed by atoms with van der Waals surface area (Å²) in [6, 6.07) is 1.01. The number of aromatic hydroxyl groups is 3. The molecule has 1 aromatic carbocycles. The van der Waals surface area contributed by atoms with Crippen LogP contribution in [-0.4, -0.2) is 52.8 Å². The Kier molecular flexibility index (Phi) is 8.02. The van der Waals surface area contributed by atoms with Gasteiger partial charge in [0, 0.05) is 31.7 Å². The van der Waals surface area contributed by atoms with Crippen molar-refractivity contribution in [3.63, 3.8) is 0 Å². The molecule has 4 N–H and O–H groups in total. The lowest BCUT2D eigenvalue weighted by molar-refractivity contribution is 0.0168. The van der Waals surface area contributed by atoms with Gasteiger partial charge in [0.1, 0.15) is 6.04 Å². The zero-order chi connectivity index (χ0) is 14.0. The summed E-state index contributed by atoms with van der Waals surface area (Å²) < 4.78 is 26.5. The number of rotatable bonds is 3. The van der Waals surface area contributed by atoms with E-state index in [0.29, 0.717) is 26.2 Å². The number of hydrogen-bond donors (Lipinski definition) is 4. The lowest BCUT2D eigenvalue weighted by atomic mass is 10.0. The summed E-state index contributed by atoms with van der Waals surface area (Å²) in [5, 5.41) is 31.5. The van der Waals surface area contributed by atoms with Crippen LogP contribution in [0.1, 0.15) is 11.6 Å². The molecule has 1 atom stereocenters. The van der Waals surface area contributed by atoms with E-state index >= 15 is 0 Å². The third-order valence-electron chi connectivity index (χ3n) is 3.26. The van der Waals surface area contributed by atoms with Crippen LogP contribution in [0.25, 0.3) is 0 Å². The highest BCUT2D eigenvalue weighted by Crippen LogP contribution is 2.42. The molecule has 9 heteroatoms. The van der Waals surface area contributed by atoms with Crippen LogP contribution in [0.2, 0.25) is 0 Å². The summed E-state index contributed by atoms with van der Waals surface area (Å²) in [6.45, 7) is 2.04. The van der Waals surface area contributed by atoms with Crippen LogP contribution in [0.5, 0.6) is 17.2 Å². The predicted octanol–water partition coefficient (Wildman–Crippen LogP) is 1.86. The molecular formula is C12H18Cl2F2N2O3. The van der Waals surface area contributed by atoms with E-state index in [1.807, 2.05) is 0 Å². The van der Waals surface area contributed by atoms with Crippen molar-refractivity contribution in [2.75, 3.05) is 26.2 Å². The molecule has 0 bridgehead atoms. The van der Waals surface area contributed by atoms with Crippen LogP contribution in [0.4, 0.5) is 8.78 Å². The first kappa shape index (κ1) is 20.0. The van der Waals surface area contributed by atoms with Crippen molar-refractivity contribution in [1.82, 2.24) is 10.2 Å². The van der Waals surface area contributed by atoms with E-state index in [1.165, 1.54) is 6.07 Å². The predicted molar refractivity (Wildman–Crippen MR) is 79.1 cm³/mol. The largest absolute Gasteiger partial charge is 0.504 e. The fourth-order valence-corrected chi connectivity index (χ4v) is 2.28. The molecule has 0 aliphatic carbocycles. The Bertz CT molecular complexity index is 460. The van der Waals surface area contributed by atoms with E-state index in [0.717, 1.165) is 6.07 Å². The second-order valence-corrected chi connectivity index (χ2v) is 4.44. The minimum absolute atomic E-state index is 0. The fourth-order valence-electron chi connectivity index (χ4n) is 2.28. The van der Waals surface area contributed by atoms with E-state index in [-0.39, 0.29) is 30.4 Å². The van der Waals surface area contributed by atoms with E-state index in [9.17, 15) is 24.1 Å². The highest BCUT2D eigenvalue weighted by molar-refractivity contribution is 5.85. The maximum atomic E-state index is 13.3. The van der Waals surface area contributed by atoms with E-state index < -0.39 is 29.7 Å². The average molecular weight is 347 g/mol. The van der Waals surface area contributed by atoms with Crippen molar-refractivity contribution in [2.45, 2.75) is 12.5 Å². The van der Waals surface area contributed by atoms with Crippen LogP contribution in [-0.2, 0) is 0 Å². The van der Waals surface area contributed by atoms with Gasteiger partial charge in [0.05, 0.1) is 0 Å². The molecule has 0 saturated carbocycles. The van der Waals surface area contributed by atoms with Gasteiger partial charge in [-0.1, -0.05) is 0 Å². The minimum atomic E-state index is -2.70. The SMILES string of the molecule is Cl.Cl.Oc1ccc([C@H](C(F)F)N2CCNCC2)c(O)c1O. The average Bonchev–Trinajstić information content (AvgIpc) is 2.40. The topological polar surface area (TPSA) is 76.0 Å². The van der Waals surface area contributed by atoms with Crippen molar-refractivity contribution in [1.29, 1.82) is 0 Å². The van der Waals surface area contributed by atoms with Gasteiger partial charge in [-0.15, -0.1) is 24.8 Å². The number of nitrogens with one attached hydrogen (secondary N) is 1. The van der Waals surface area contributed by atoms with E-state index in [4.69, 9.17) is 0 Å². The Balaban J connectivity index is 0.00000200. The van der Waals surface area contributed by atoms with Gasteiger partial charge in [-0.3, -0.25) is 4.90 Å². The van der Waals surface area contributed by atoms with Crippen molar-refractivity contribution in [2.24, 2.45) is 0 Å². The number of phenols is 3. The van der Waals surface area contributed by atoms with Crippen molar-refractivity contribution in [3.8, 4) is 17.2 Å². The van der Waals surface area contributed by atoms with Gasteiger partial charge in [0.2, 0.25) is 5.75 Å². The standard InChI is InChI=1S/C12H16F2N2O3.2ClH/c13-12(14)9(16-5-3-15-4-6-16)7-1-2-8(17)11(19)10(7)18;;/h1-2,9,12,15,17-19H,3-6H2;2*1H/t9-;;/m1../s1. The van der Waals surface area contributed by atoms with Gasteiger partial charge >= 0.3 is 0 Å². The molecule has 1 aliphatic heterocycles. The van der Waals surface area contributed by atoms with Crippen molar-refractivity contribution in [3.05, 3.63) is 17.7 Å². The Morgan fingerprint density at radius 3 is 2.10 bits per heavy atom. The Hall–Kier alpha value is -1.02. The summed E-state index contributed by atoms with van der Waals surface area (Å²) in [5.41, 5.74) is -0.0767. The van der Waals surface area contributed by atoms with Gasteiger partial charge in [0.15, 0.2) is 11.5 Å². The Morgan fingerprint density at radius 2 is 1.57 bits per heavy atom. The summed E-state index contributed by atoms with van der Waals surface area (Å²) in [7, 11) is 0. The molecule has 0 unspecified atom stereocenters. The molecule has 1 fully saturated rings. The monoisotopic (exact) mass is 346 g/mol. The summed E-state index contributed by atoms with van der Waals surface area (Å²) in [6.07, 6.45) is -2.70. The number of halogens is 4. The van der Waals surface area contributed by atoms with E-state index in [1.54, 1.807) is 4.90 Å². The zero-order valence-corrected chi connectivity index (χ0v) is 12.6. The number of phenolic OH excluding ortho intramolecular Hbond substituents is 3. The van der Waals surface area contributed by atoms with Crippen molar-refractivity contribution < 1.29 is 24.1 Å². The second kappa shape index (κ2) is 8.43. The molecular weight excluding hydrogens is 329 g/mol. The van der Waals surface area contributed by atoms with Gasteiger partial charge in [-0.2, -0.15) is 0 Å². The highest BCUT2D eigenvalue weighted by atomic mass is 35.5. The van der Waals surface area contributed by atoms with Crippen LogP contribution >= 0.6 is 24.8 Å². The number of hydrogen-bond acceptors (Lipinski definition) is 5. The molecule has 0 spiro atoms. The smallest absolute Gasteiger partial charge is 0.258 e. The summed E-state index contributed by atoms with van der Waals surface area (Å²) in [4.78, 5) is 1.55. The van der Waals surface area contributed by atoms with Crippen LogP contribution in [0.3, 0.4) is 0 Å². The van der Waals surface area contributed by atoms with Crippen LogP contribution < -0.4 is 5.32 Å². The summed E-state index contributed by atoms with van der Waals surface area (Å²) in [5.74, 6) is -1.99. The Morgan fingerprint density at radius 1 is 1.00 bits per heavy atom. The lowest BCUT2D eigenvalue weighted by Crippen LogP contribution is -2.46. The van der Waals surface area contributed by atoms with Crippen LogP contribution in [0.15, 0.2) is 12.1 Å². The number of piperazine rings is 1.